The Morgan fingerprint density at radius 2 is 2.19 bits per heavy atom. The van der Waals surface area contributed by atoms with Crippen molar-refractivity contribution in [3.05, 3.63) is 46.7 Å². The van der Waals surface area contributed by atoms with Crippen molar-refractivity contribution >= 4 is 28.4 Å². The van der Waals surface area contributed by atoms with Crippen molar-refractivity contribution in [1.29, 1.82) is 0 Å². The molecule has 0 saturated carbocycles. The minimum Gasteiger partial charge on any atom is -0.436 e. The fourth-order valence-electron chi connectivity index (χ4n) is 2.75. The minimum absolute atomic E-state index is 0.0547. The monoisotopic (exact) mass is 302 g/mol. The van der Waals surface area contributed by atoms with Crippen molar-refractivity contribution < 1.29 is 8.81 Å². The molecule has 1 aliphatic rings. The first-order valence-corrected chi connectivity index (χ1v) is 7.22. The summed E-state index contributed by atoms with van der Waals surface area (Å²) in [6, 6.07) is 8.77. The minimum atomic E-state index is -0.497. The summed E-state index contributed by atoms with van der Waals surface area (Å²) in [5.41, 5.74) is 4.24. The second-order valence-corrected chi connectivity index (χ2v) is 5.52. The highest BCUT2D eigenvalue weighted by Gasteiger charge is 2.18. The largest absolute Gasteiger partial charge is 0.436 e. The van der Waals surface area contributed by atoms with E-state index in [0.29, 0.717) is 17.0 Å². The summed E-state index contributed by atoms with van der Waals surface area (Å²) in [5.74, 6) is 0.0100. The van der Waals surface area contributed by atoms with Crippen molar-refractivity contribution in [2.75, 3.05) is 11.9 Å². The third-order valence-corrected chi connectivity index (χ3v) is 4.05. The summed E-state index contributed by atoms with van der Waals surface area (Å²) in [6.45, 7) is 0.977. The molecular weight excluding hydrogens is 291 g/mol. The molecule has 0 unspecified atom stereocenters. The maximum atomic E-state index is 13.5. The first-order chi connectivity index (χ1) is 10.2. The highest BCUT2D eigenvalue weighted by molar-refractivity contribution is 6.31. The number of nitrogens with zero attached hydrogens (tertiary/aromatic N) is 1. The third kappa shape index (κ3) is 2.07. The molecule has 2 aromatic carbocycles. The molecule has 3 nitrogen and oxygen atoms in total. The molecule has 4 rings (SSSR count). The Balaban J connectivity index is 1.91. The highest BCUT2D eigenvalue weighted by Crippen LogP contribution is 2.34. The summed E-state index contributed by atoms with van der Waals surface area (Å²) in [6.07, 6.45) is 2.05. The Labute approximate surface area is 125 Å². The lowest BCUT2D eigenvalue weighted by atomic mass is 9.97. The molecule has 21 heavy (non-hydrogen) atoms. The van der Waals surface area contributed by atoms with E-state index >= 15 is 0 Å². The molecule has 0 saturated heterocycles. The molecule has 0 amide bonds. The SMILES string of the molecule is Fc1cc2oc(-c3cccc4c3CCCN4)nc2cc1Cl. The zero-order chi connectivity index (χ0) is 14.4. The zero-order valence-electron chi connectivity index (χ0n) is 11.1. The standard InChI is InChI=1S/C16H12ClFN2O/c17-11-7-14-15(8-12(11)18)21-16(20-14)10-3-1-5-13-9(10)4-2-6-19-13/h1,3,5,7-8,19H,2,4,6H2. The van der Waals surface area contributed by atoms with Gasteiger partial charge < -0.3 is 9.73 Å². The Kier molecular flexibility index (Phi) is 2.86. The van der Waals surface area contributed by atoms with Gasteiger partial charge in [0.25, 0.3) is 0 Å². The van der Waals surface area contributed by atoms with Crippen LogP contribution in [0.25, 0.3) is 22.6 Å². The molecule has 1 N–H and O–H groups in total. The number of aromatic nitrogens is 1. The van der Waals surface area contributed by atoms with Crippen LogP contribution in [0.4, 0.5) is 10.1 Å². The molecule has 0 radical (unpaired) electrons. The molecule has 0 bridgehead atoms. The van der Waals surface area contributed by atoms with Gasteiger partial charge in [0.15, 0.2) is 5.58 Å². The average molecular weight is 303 g/mol. The van der Waals surface area contributed by atoms with Crippen LogP contribution in [-0.4, -0.2) is 11.5 Å². The number of nitrogens with one attached hydrogen (secondary N) is 1. The quantitative estimate of drug-likeness (QED) is 0.711. The van der Waals surface area contributed by atoms with Crippen molar-refractivity contribution in [3.8, 4) is 11.5 Å². The zero-order valence-corrected chi connectivity index (χ0v) is 11.9. The predicted molar refractivity (Wildman–Crippen MR) is 81.2 cm³/mol. The van der Waals surface area contributed by atoms with Crippen LogP contribution >= 0.6 is 11.6 Å². The summed E-state index contributed by atoms with van der Waals surface area (Å²) < 4.78 is 19.2. The van der Waals surface area contributed by atoms with Gasteiger partial charge in [-0.1, -0.05) is 17.7 Å². The van der Waals surface area contributed by atoms with Crippen LogP contribution in [0.15, 0.2) is 34.7 Å². The molecular formula is C16H12ClFN2O. The second-order valence-electron chi connectivity index (χ2n) is 5.12. The maximum Gasteiger partial charge on any atom is 0.227 e. The number of fused-ring (bicyclic) bond motifs is 2. The molecule has 0 fully saturated rings. The molecule has 0 atom stereocenters. The molecule has 5 heteroatoms. The van der Waals surface area contributed by atoms with Crippen molar-refractivity contribution in [1.82, 2.24) is 4.98 Å². The third-order valence-electron chi connectivity index (χ3n) is 3.76. The van der Waals surface area contributed by atoms with Gasteiger partial charge in [-0.25, -0.2) is 9.37 Å². The van der Waals surface area contributed by atoms with E-state index < -0.39 is 5.82 Å². The van der Waals surface area contributed by atoms with E-state index in [1.807, 2.05) is 12.1 Å². The molecule has 1 aromatic heterocycles. The van der Waals surface area contributed by atoms with Crippen LogP contribution in [-0.2, 0) is 6.42 Å². The molecule has 1 aliphatic heterocycles. The van der Waals surface area contributed by atoms with E-state index in [4.69, 9.17) is 16.0 Å². The summed E-state index contributed by atoms with van der Waals surface area (Å²) >= 11 is 5.79. The molecule has 106 valence electrons. The van der Waals surface area contributed by atoms with E-state index in [-0.39, 0.29) is 5.02 Å². The highest BCUT2D eigenvalue weighted by atomic mass is 35.5. The number of hydrogen-bond acceptors (Lipinski definition) is 3. The first kappa shape index (κ1) is 12.7. The van der Waals surface area contributed by atoms with Gasteiger partial charge in [-0.05, 0) is 36.6 Å². The normalized spacial score (nSPS) is 14.0. The Bertz CT molecular complexity index is 805. The molecule has 3 aromatic rings. The van der Waals surface area contributed by atoms with Gasteiger partial charge in [0.2, 0.25) is 5.89 Å². The van der Waals surface area contributed by atoms with E-state index in [2.05, 4.69) is 16.4 Å². The van der Waals surface area contributed by atoms with Crippen LogP contribution in [0.3, 0.4) is 0 Å². The number of benzene rings is 2. The van der Waals surface area contributed by atoms with Crippen LogP contribution < -0.4 is 5.32 Å². The van der Waals surface area contributed by atoms with Gasteiger partial charge in [-0.2, -0.15) is 0 Å². The predicted octanol–water partition coefficient (Wildman–Crippen LogP) is 4.65. The Morgan fingerprint density at radius 1 is 1.29 bits per heavy atom. The fourth-order valence-corrected chi connectivity index (χ4v) is 2.91. The lowest BCUT2D eigenvalue weighted by molar-refractivity contribution is 0.601. The van der Waals surface area contributed by atoms with E-state index in [9.17, 15) is 4.39 Å². The number of halogens is 2. The topological polar surface area (TPSA) is 38.1 Å². The fraction of sp³-hybridized carbons (Fsp3) is 0.188. The number of oxazole rings is 1. The maximum absolute atomic E-state index is 13.5. The van der Waals surface area contributed by atoms with Crippen LogP contribution in [0.1, 0.15) is 12.0 Å². The van der Waals surface area contributed by atoms with Gasteiger partial charge >= 0.3 is 0 Å². The van der Waals surface area contributed by atoms with Gasteiger partial charge in [0, 0.05) is 23.9 Å². The number of anilines is 1. The Morgan fingerprint density at radius 3 is 3.10 bits per heavy atom. The second kappa shape index (κ2) is 4.74. The molecule has 0 spiro atoms. The van der Waals surface area contributed by atoms with Crippen LogP contribution in [0.5, 0.6) is 0 Å². The number of hydrogen-bond donors (Lipinski definition) is 1. The lowest BCUT2D eigenvalue weighted by Crippen LogP contribution is -2.12. The van der Waals surface area contributed by atoms with Crippen molar-refractivity contribution in [2.45, 2.75) is 12.8 Å². The summed E-state index contributed by atoms with van der Waals surface area (Å²) in [5, 5.41) is 3.43. The van der Waals surface area contributed by atoms with Gasteiger partial charge in [-0.3, -0.25) is 0 Å². The summed E-state index contributed by atoms with van der Waals surface area (Å²) in [7, 11) is 0. The Hall–Kier alpha value is -2.07. The average Bonchev–Trinajstić information content (AvgIpc) is 2.90. The van der Waals surface area contributed by atoms with Gasteiger partial charge in [-0.15, -0.1) is 0 Å². The molecule has 2 heterocycles. The van der Waals surface area contributed by atoms with Crippen molar-refractivity contribution in [2.24, 2.45) is 0 Å². The van der Waals surface area contributed by atoms with E-state index in [1.54, 1.807) is 0 Å². The van der Waals surface area contributed by atoms with Crippen LogP contribution in [0.2, 0.25) is 5.02 Å². The molecule has 0 aliphatic carbocycles. The van der Waals surface area contributed by atoms with Gasteiger partial charge in [0.1, 0.15) is 11.3 Å². The van der Waals surface area contributed by atoms with Crippen molar-refractivity contribution in [3.63, 3.8) is 0 Å². The number of rotatable bonds is 1. The smallest absolute Gasteiger partial charge is 0.227 e. The first-order valence-electron chi connectivity index (χ1n) is 6.84. The van der Waals surface area contributed by atoms with E-state index in [0.717, 1.165) is 30.6 Å². The lowest BCUT2D eigenvalue weighted by Gasteiger charge is -2.19. The summed E-state index contributed by atoms with van der Waals surface area (Å²) in [4.78, 5) is 4.45. The van der Waals surface area contributed by atoms with Crippen LogP contribution in [0, 0.1) is 5.82 Å². The van der Waals surface area contributed by atoms with Gasteiger partial charge in [0.05, 0.1) is 5.02 Å². The van der Waals surface area contributed by atoms with E-state index in [1.165, 1.54) is 17.7 Å².